The highest BCUT2D eigenvalue weighted by atomic mass is 35.5. The van der Waals surface area contributed by atoms with Gasteiger partial charge in [0.25, 0.3) is 0 Å². The van der Waals surface area contributed by atoms with E-state index < -0.39 is 0 Å². The summed E-state index contributed by atoms with van der Waals surface area (Å²) in [6, 6.07) is 28.3. The molecule has 0 atom stereocenters. The minimum absolute atomic E-state index is 0.160. The van der Waals surface area contributed by atoms with Gasteiger partial charge in [0.05, 0.1) is 0 Å². The van der Waals surface area contributed by atoms with Crippen LogP contribution in [0.25, 0.3) is 55.5 Å². The topological polar surface area (TPSA) is 51.8 Å². The first-order valence-corrected chi connectivity index (χ1v) is 9.95. The van der Waals surface area contributed by atoms with Crippen LogP contribution in [0.5, 0.6) is 0 Å². The third-order valence-corrected chi connectivity index (χ3v) is 5.42. The van der Waals surface area contributed by atoms with E-state index in [0.717, 1.165) is 43.8 Å². The van der Waals surface area contributed by atoms with Crippen LogP contribution in [0.15, 0.2) is 89.3 Å². The number of furan rings is 1. The molecule has 0 fully saturated rings. The average Bonchev–Trinajstić information content (AvgIpc) is 3.16. The minimum atomic E-state index is 0.160. The Balaban J connectivity index is 1.49. The van der Waals surface area contributed by atoms with Crippen LogP contribution >= 0.6 is 11.6 Å². The van der Waals surface area contributed by atoms with Crippen molar-refractivity contribution < 1.29 is 4.42 Å². The van der Waals surface area contributed by atoms with Crippen LogP contribution in [-0.2, 0) is 0 Å². The second kappa shape index (κ2) is 6.65. The maximum atomic E-state index is 6.26. The number of fused-ring (bicyclic) bond motifs is 4. The van der Waals surface area contributed by atoms with E-state index in [1.54, 1.807) is 0 Å². The number of hydrogen-bond donors (Lipinski definition) is 0. The molecule has 4 nitrogen and oxygen atoms in total. The van der Waals surface area contributed by atoms with E-state index in [9.17, 15) is 0 Å². The predicted octanol–water partition coefficient (Wildman–Crippen LogP) is 6.91. The van der Waals surface area contributed by atoms with Gasteiger partial charge in [-0.1, -0.05) is 60.7 Å². The molecular formula is C25H14ClN3O. The Labute approximate surface area is 176 Å². The molecule has 0 aliphatic heterocycles. The molecule has 2 aromatic heterocycles. The summed E-state index contributed by atoms with van der Waals surface area (Å²) in [6.07, 6.45) is 0. The van der Waals surface area contributed by atoms with Gasteiger partial charge in [-0.05, 0) is 46.6 Å². The maximum absolute atomic E-state index is 6.26. The Hall–Kier alpha value is -3.76. The van der Waals surface area contributed by atoms with E-state index in [2.05, 4.69) is 40.3 Å². The van der Waals surface area contributed by atoms with Crippen molar-refractivity contribution >= 4 is 44.3 Å². The summed E-state index contributed by atoms with van der Waals surface area (Å²) in [4.78, 5) is 13.4. The Morgan fingerprint density at radius 3 is 2.10 bits per heavy atom. The van der Waals surface area contributed by atoms with Crippen LogP contribution in [-0.4, -0.2) is 15.0 Å². The molecule has 0 spiro atoms. The van der Waals surface area contributed by atoms with Crippen molar-refractivity contribution in [2.45, 2.75) is 0 Å². The Kier molecular flexibility index (Phi) is 3.79. The standard InChI is InChI=1S/C25H14ClN3O/c26-25-28-23(17-10-9-15-5-1-2-6-16(15)13-17)27-24(29-25)18-11-12-20-19-7-3-4-8-21(19)30-22(20)14-18/h1-14H. The Morgan fingerprint density at radius 2 is 1.23 bits per heavy atom. The molecule has 0 aliphatic rings. The third-order valence-electron chi connectivity index (χ3n) is 5.25. The Morgan fingerprint density at radius 1 is 0.567 bits per heavy atom. The van der Waals surface area contributed by atoms with Gasteiger partial charge in [-0.15, -0.1) is 0 Å². The number of rotatable bonds is 2. The molecule has 6 aromatic rings. The Bertz CT molecular complexity index is 1570. The summed E-state index contributed by atoms with van der Waals surface area (Å²) in [5.41, 5.74) is 3.37. The highest BCUT2D eigenvalue weighted by molar-refractivity contribution is 6.28. The molecule has 6 rings (SSSR count). The number of benzene rings is 4. The van der Waals surface area contributed by atoms with Crippen LogP contribution in [0.4, 0.5) is 0 Å². The van der Waals surface area contributed by atoms with Crippen LogP contribution in [0.1, 0.15) is 0 Å². The second-order valence-electron chi connectivity index (χ2n) is 7.12. The molecule has 2 heterocycles. The number of nitrogens with zero attached hydrogens (tertiary/aromatic N) is 3. The molecule has 0 unspecified atom stereocenters. The molecule has 0 saturated carbocycles. The molecule has 5 heteroatoms. The number of para-hydroxylation sites is 1. The summed E-state index contributed by atoms with van der Waals surface area (Å²) >= 11 is 6.26. The predicted molar refractivity (Wildman–Crippen MR) is 120 cm³/mol. The van der Waals surface area contributed by atoms with Gasteiger partial charge >= 0.3 is 0 Å². The van der Waals surface area contributed by atoms with Crippen molar-refractivity contribution in [3.8, 4) is 22.8 Å². The first kappa shape index (κ1) is 17.1. The van der Waals surface area contributed by atoms with Crippen molar-refractivity contribution in [1.82, 2.24) is 15.0 Å². The molecule has 0 N–H and O–H groups in total. The van der Waals surface area contributed by atoms with Gasteiger partial charge in [0.15, 0.2) is 11.6 Å². The van der Waals surface area contributed by atoms with Crippen molar-refractivity contribution in [1.29, 1.82) is 0 Å². The lowest BCUT2D eigenvalue weighted by Crippen LogP contribution is -1.97. The monoisotopic (exact) mass is 407 g/mol. The quantitative estimate of drug-likeness (QED) is 0.313. The molecule has 142 valence electrons. The molecular weight excluding hydrogens is 394 g/mol. The first-order chi connectivity index (χ1) is 14.7. The summed E-state index contributed by atoms with van der Waals surface area (Å²) in [5, 5.41) is 4.59. The fraction of sp³-hybridized carbons (Fsp3) is 0. The normalized spacial score (nSPS) is 11.5. The lowest BCUT2D eigenvalue weighted by molar-refractivity contribution is 0.669. The van der Waals surface area contributed by atoms with Crippen LogP contribution in [0, 0.1) is 0 Å². The smallest absolute Gasteiger partial charge is 0.226 e. The molecule has 4 aromatic carbocycles. The third kappa shape index (κ3) is 2.81. The average molecular weight is 408 g/mol. The second-order valence-corrected chi connectivity index (χ2v) is 7.46. The number of aromatic nitrogens is 3. The molecule has 30 heavy (non-hydrogen) atoms. The van der Waals surface area contributed by atoms with E-state index in [1.807, 2.05) is 54.6 Å². The zero-order chi connectivity index (χ0) is 20.1. The minimum Gasteiger partial charge on any atom is -0.456 e. The fourth-order valence-corrected chi connectivity index (χ4v) is 3.96. The first-order valence-electron chi connectivity index (χ1n) is 9.57. The number of hydrogen-bond acceptors (Lipinski definition) is 4. The maximum Gasteiger partial charge on any atom is 0.226 e. The van der Waals surface area contributed by atoms with E-state index in [0.29, 0.717) is 11.6 Å². The molecule has 0 saturated heterocycles. The van der Waals surface area contributed by atoms with Gasteiger partial charge in [0.1, 0.15) is 11.2 Å². The highest BCUT2D eigenvalue weighted by Gasteiger charge is 2.13. The summed E-state index contributed by atoms with van der Waals surface area (Å²) in [5.74, 6) is 1.06. The van der Waals surface area contributed by atoms with Gasteiger partial charge < -0.3 is 4.42 Å². The molecule has 0 bridgehead atoms. The lowest BCUT2D eigenvalue weighted by Gasteiger charge is -2.06. The molecule has 0 radical (unpaired) electrons. The number of halogens is 1. The highest BCUT2D eigenvalue weighted by Crippen LogP contribution is 2.32. The van der Waals surface area contributed by atoms with Crippen molar-refractivity contribution in [3.63, 3.8) is 0 Å². The largest absolute Gasteiger partial charge is 0.456 e. The van der Waals surface area contributed by atoms with E-state index >= 15 is 0 Å². The van der Waals surface area contributed by atoms with Gasteiger partial charge in [-0.2, -0.15) is 9.97 Å². The van der Waals surface area contributed by atoms with E-state index in [1.165, 1.54) is 0 Å². The molecule has 0 aliphatic carbocycles. The van der Waals surface area contributed by atoms with E-state index in [-0.39, 0.29) is 5.28 Å². The fourth-order valence-electron chi connectivity index (χ4n) is 3.80. The summed E-state index contributed by atoms with van der Waals surface area (Å²) in [6.45, 7) is 0. The van der Waals surface area contributed by atoms with Crippen LogP contribution in [0.3, 0.4) is 0 Å². The zero-order valence-corrected chi connectivity index (χ0v) is 16.5. The van der Waals surface area contributed by atoms with Crippen LogP contribution in [0.2, 0.25) is 5.28 Å². The van der Waals surface area contributed by atoms with Crippen molar-refractivity contribution in [2.75, 3.05) is 0 Å². The van der Waals surface area contributed by atoms with Gasteiger partial charge in [0.2, 0.25) is 5.28 Å². The van der Waals surface area contributed by atoms with E-state index in [4.69, 9.17) is 21.0 Å². The van der Waals surface area contributed by atoms with Gasteiger partial charge in [0, 0.05) is 21.9 Å². The molecule has 0 amide bonds. The van der Waals surface area contributed by atoms with Gasteiger partial charge in [-0.25, -0.2) is 4.98 Å². The van der Waals surface area contributed by atoms with Crippen LogP contribution < -0.4 is 0 Å². The van der Waals surface area contributed by atoms with Crippen molar-refractivity contribution in [2.24, 2.45) is 0 Å². The zero-order valence-electron chi connectivity index (χ0n) is 15.7. The van der Waals surface area contributed by atoms with Gasteiger partial charge in [-0.3, -0.25) is 0 Å². The SMILES string of the molecule is Clc1nc(-c2ccc3ccccc3c2)nc(-c2ccc3c(c2)oc2ccccc23)n1. The summed E-state index contributed by atoms with van der Waals surface area (Å²) in [7, 11) is 0. The van der Waals surface area contributed by atoms with Crippen molar-refractivity contribution in [3.05, 3.63) is 90.2 Å². The summed E-state index contributed by atoms with van der Waals surface area (Å²) < 4.78 is 6.00. The lowest BCUT2D eigenvalue weighted by atomic mass is 10.1.